The molecule has 0 spiro atoms. The minimum absolute atomic E-state index is 0.117. The molecule has 0 saturated carbocycles. The van der Waals surface area contributed by atoms with E-state index >= 15 is 0 Å². The van der Waals surface area contributed by atoms with Crippen LogP contribution >= 0.6 is 0 Å². The van der Waals surface area contributed by atoms with Crippen LogP contribution in [0.1, 0.15) is 35.3 Å². The number of hydrogen-bond donors (Lipinski definition) is 2. The van der Waals surface area contributed by atoms with Gasteiger partial charge in [-0.3, -0.25) is 9.59 Å². The van der Waals surface area contributed by atoms with Crippen LogP contribution < -0.4 is 10.7 Å². The molecule has 0 radical (unpaired) electrons. The van der Waals surface area contributed by atoms with Gasteiger partial charge in [0.2, 0.25) is 5.91 Å². The quantitative estimate of drug-likeness (QED) is 0.673. The van der Waals surface area contributed by atoms with E-state index in [0.29, 0.717) is 11.3 Å². The number of aryl methyl sites for hydroxylation is 1. The van der Waals surface area contributed by atoms with E-state index in [4.69, 9.17) is 0 Å². The fourth-order valence-electron chi connectivity index (χ4n) is 1.97. The minimum atomic E-state index is -0.251. The first-order valence-corrected chi connectivity index (χ1v) is 7.25. The average Bonchev–Trinajstić information content (AvgIpc) is 2.53. The monoisotopic (exact) mass is 309 g/mol. The van der Waals surface area contributed by atoms with Crippen molar-refractivity contribution in [1.82, 2.24) is 5.43 Å². The number of amides is 2. The number of hydrazone groups is 1. The van der Waals surface area contributed by atoms with Crippen LogP contribution in [0.2, 0.25) is 0 Å². The molecule has 23 heavy (non-hydrogen) atoms. The highest BCUT2D eigenvalue weighted by Gasteiger charge is 2.04. The molecular formula is C18H19N3O2. The highest BCUT2D eigenvalue weighted by molar-refractivity contribution is 6.01. The molecule has 0 fully saturated rings. The zero-order valence-corrected chi connectivity index (χ0v) is 13.4. The highest BCUT2D eigenvalue weighted by Crippen LogP contribution is 2.10. The zero-order chi connectivity index (χ0) is 16.8. The highest BCUT2D eigenvalue weighted by atomic mass is 16.2. The van der Waals surface area contributed by atoms with E-state index < -0.39 is 0 Å². The first kappa shape index (κ1) is 16.4. The molecule has 5 nitrogen and oxygen atoms in total. The number of benzene rings is 2. The van der Waals surface area contributed by atoms with Gasteiger partial charge in [-0.1, -0.05) is 29.8 Å². The second-order valence-corrected chi connectivity index (χ2v) is 5.26. The Bertz CT molecular complexity index is 732. The molecule has 0 saturated heterocycles. The normalized spacial score (nSPS) is 11.0. The summed E-state index contributed by atoms with van der Waals surface area (Å²) < 4.78 is 0. The van der Waals surface area contributed by atoms with Gasteiger partial charge in [-0.2, -0.15) is 5.10 Å². The fraction of sp³-hybridized carbons (Fsp3) is 0.167. The molecule has 2 aromatic carbocycles. The van der Waals surface area contributed by atoms with Gasteiger partial charge in [0.15, 0.2) is 0 Å². The summed E-state index contributed by atoms with van der Waals surface area (Å²) in [6.07, 6.45) is 0. The molecule has 0 heterocycles. The molecule has 118 valence electrons. The lowest BCUT2D eigenvalue weighted by Crippen LogP contribution is -2.19. The Labute approximate surface area is 135 Å². The van der Waals surface area contributed by atoms with E-state index in [1.54, 1.807) is 24.3 Å². The number of anilines is 1. The van der Waals surface area contributed by atoms with Crippen LogP contribution in [0.4, 0.5) is 5.69 Å². The van der Waals surface area contributed by atoms with Crippen molar-refractivity contribution in [3.8, 4) is 0 Å². The van der Waals surface area contributed by atoms with Crippen molar-refractivity contribution in [2.24, 2.45) is 5.10 Å². The lowest BCUT2D eigenvalue weighted by Gasteiger charge is -2.05. The van der Waals surface area contributed by atoms with Crippen molar-refractivity contribution in [2.45, 2.75) is 20.8 Å². The van der Waals surface area contributed by atoms with E-state index in [2.05, 4.69) is 15.8 Å². The van der Waals surface area contributed by atoms with Crippen LogP contribution in [0.5, 0.6) is 0 Å². The maximum atomic E-state index is 12.0. The summed E-state index contributed by atoms with van der Waals surface area (Å²) in [6, 6.07) is 14.5. The van der Waals surface area contributed by atoms with Gasteiger partial charge >= 0.3 is 0 Å². The van der Waals surface area contributed by atoms with Gasteiger partial charge in [0.1, 0.15) is 0 Å². The minimum Gasteiger partial charge on any atom is -0.326 e. The van der Waals surface area contributed by atoms with E-state index in [1.807, 2.05) is 38.1 Å². The van der Waals surface area contributed by atoms with E-state index in [0.717, 1.165) is 16.8 Å². The maximum absolute atomic E-state index is 12.0. The number of carbonyl (C=O) groups excluding carboxylic acids is 2. The number of nitrogens with zero attached hydrogens (tertiary/aromatic N) is 1. The van der Waals surface area contributed by atoms with Crippen LogP contribution in [0.3, 0.4) is 0 Å². The van der Waals surface area contributed by atoms with Gasteiger partial charge in [0, 0.05) is 18.2 Å². The van der Waals surface area contributed by atoms with Crippen molar-refractivity contribution in [2.75, 3.05) is 5.32 Å². The van der Waals surface area contributed by atoms with Crippen molar-refractivity contribution < 1.29 is 9.59 Å². The van der Waals surface area contributed by atoms with Gasteiger partial charge < -0.3 is 5.32 Å². The molecule has 0 aliphatic rings. The molecule has 0 aliphatic heterocycles. The zero-order valence-electron chi connectivity index (χ0n) is 13.4. The summed E-state index contributed by atoms with van der Waals surface area (Å²) in [4.78, 5) is 23.0. The van der Waals surface area contributed by atoms with Crippen LogP contribution in [0.25, 0.3) is 0 Å². The molecule has 0 unspecified atom stereocenters. The first-order valence-electron chi connectivity index (χ1n) is 7.25. The van der Waals surface area contributed by atoms with Gasteiger partial charge in [-0.15, -0.1) is 0 Å². The third-order valence-corrected chi connectivity index (χ3v) is 3.26. The van der Waals surface area contributed by atoms with Crippen molar-refractivity contribution in [3.63, 3.8) is 0 Å². The Morgan fingerprint density at radius 1 is 0.870 bits per heavy atom. The topological polar surface area (TPSA) is 70.6 Å². The summed E-state index contributed by atoms with van der Waals surface area (Å²) in [5.41, 5.74) is 6.47. The molecule has 2 rings (SSSR count). The van der Waals surface area contributed by atoms with Crippen LogP contribution in [0, 0.1) is 6.92 Å². The molecule has 2 amide bonds. The van der Waals surface area contributed by atoms with Gasteiger partial charge in [0.25, 0.3) is 5.91 Å². The van der Waals surface area contributed by atoms with E-state index in [9.17, 15) is 9.59 Å². The number of carbonyl (C=O) groups is 2. The van der Waals surface area contributed by atoms with Gasteiger partial charge in [-0.25, -0.2) is 5.43 Å². The summed E-state index contributed by atoms with van der Waals surface area (Å²) in [5.74, 6) is -0.368. The van der Waals surface area contributed by atoms with Gasteiger partial charge in [0.05, 0.1) is 5.71 Å². The lowest BCUT2D eigenvalue weighted by molar-refractivity contribution is -0.114. The number of rotatable bonds is 4. The first-order chi connectivity index (χ1) is 11.0. The largest absolute Gasteiger partial charge is 0.326 e. The van der Waals surface area contributed by atoms with E-state index in [1.165, 1.54) is 6.92 Å². The predicted octanol–water partition coefficient (Wildman–Crippen LogP) is 3.11. The Morgan fingerprint density at radius 3 is 2.00 bits per heavy atom. The Kier molecular flexibility index (Phi) is 5.25. The summed E-state index contributed by atoms with van der Waals surface area (Å²) in [5, 5.41) is 6.81. The third-order valence-electron chi connectivity index (χ3n) is 3.26. The smallest absolute Gasteiger partial charge is 0.271 e. The van der Waals surface area contributed by atoms with Crippen LogP contribution in [-0.4, -0.2) is 17.5 Å². The number of nitrogens with one attached hydrogen (secondary N) is 2. The fourth-order valence-corrected chi connectivity index (χ4v) is 1.97. The SMILES string of the molecule is CC(=O)Nc1ccc(/C(C)=N\NC(=O)c2ccc(C)cc2)cc1. The molecule has 0 aliphatic carbocycles. The Morgan fingerprint density at radius 2 is 1.43 bits per heavy atom. The average molecular weight is 309 g/mol. The summed E-state index contributed by atoms with van der Waals surface area (Å²) in [6.45, 7) is 5.23. The molecule has 2 N–H and O–H groups in total. The summed E-state index contributed by atoms with van der Waals surface area (Å²) in [7, 11) is 0. The Hall–Kier alpha value is -2.95. The Balaban J connectivity index is 2.03. The van der Waals surface area contributed by atoms with Crippen molar-refractivity contribution in [3.05, 3.63) is 65.2 Å². The second-order valence-electron chi connectivity index (χ2n) is 5.26. The lowest BCUT2D eigenvalue weighted by atomic mass is 10.1. The molecule has 0 atom stereocenters. The van der Waals surface area contributed by atoms with Crippen molar-refractivity contribution in [1.29, 1.82) is 0 Å². The standard InChI is InChI=1S/C18H19N3O2/c1-12-4-6-16(7-5-12)18(23)21-20-13(2)15-8-10-17(11-9-15)19-14(3)22/h4-11H,1-3H3,(H,19,22)(H,21,23)/b20-13-. The maximum Gasteiger partial charge on any atom is 0.271 e. The van der Waals surface area contributed by atoms with Crippen LogP contribution in [-0.2, 0) is 4.79 Å². The second kappa shape index (κ2) is 7.35. The molecule has 0 bridgehead atoms. The molecule has 2 aromatic rings. The van der Waals surface area contributed by atoms with Crippen LogP contribution in [0.15, 0.2) is 53.6 Å². The molecular weight excluding hydrogens is 290 g/mol. The third kappa shape index (κ3) is 4.78. The number of hydrogen-bond acceptors (Lipinski definition) is 3. The molecule has 0 aromatic heterocycles. The molecule has 5 heteroatoms. The summed E-state index contributed by atoms with van der Waals surface area (Å²) >= 11 is 0. The van der Waals surface area contributed by atoms with Gasteiger partial charge in [-0.05, 0) is 43.7 Å². The predicted molar refractivity (Wildman–Crippen MR) is 91.6 cm³/mol. The van der Waals surface area contributed by atoms with Crippen molar-refractivity contribution >= 4 is 23.2 Å². The van der Waals surface area contributed by atoms with E-state index in [-0.39, 0.29) is 11.8 Å².